The third-order valence-corrected chi connectivity index (χ3v) is 3.72. The number of ether oxygens (including phenoxy) is 1. The highest BCUT2D eigenvalue weighted by Gasteiger charge is 2.38. The van der Waals surface area contributed by atoms with Gasteiger partial charge in [-0.2, -0.15) is 0 Å². The molecule has 0 aromatic heterocycles. The summed E-state index contributed by atoms with van der Waals surface area (Å²) in [7, 11) is 0. The van der Waals surface area contributed by atoms with Crippen LogP contribution in [0.15, 0.2) is 18.2 Å². The van der Waals surface area contributed by atoms with Crippen LogP contribution in [0.1, 0.15) is 46.1 Å². The fourth-order valence-corrected chi connectivity index (χ4v) is 2.50. The molecule has 1 aromatic carbocycles. The van der Waals surface area contributed by atoms with Gasteiger partial charge in [-0.05, 0) is 44.9 Å². The average Bonchev–Trinajstić information content (AvgIpc) is 2.48. The Labute approximate surface area is 147 Å². The molecule has 3 N–H and O–H groups in total. The van der Waals surface area contributed by atoms with Gasteiger partial charge >= 0.3 is 12.1 Å². The quantitative estimate of drug-likeness (QED) is 0.395. The average molecular weight is 353 g/mol. The van der Waals surface area contributed by atoms with Crippen molar-refractivity contribution >= 4 is 12.1 Å². The molecule has 0 aliphatic carbocycles. The minimum Gasteiger partial charge on any atom is -0.504 e. The first kappa shape index (κ1) is 20.6. The summed E-state index contributed by atoms with van der Waals surface area (Å²) >= 11 is 0. The SMILES string of the molecule is CCCCOC(=O)C(Cc1ccc(O)c(O)c1)N(C(=O)O)C(C)(C)C. The molecule has 1 unspecified atom stereocenters. The summed E-state index contributed by atoms with van der Waals surface area (Å²) in [4.78, 5) is 25.4. The molecular weight excluding hydrogens is 326 g/mol. The number of nitrogens with zero attached hydrogens (tertiary/aromatic N) is 1. The summed E-state index contributed by atoms with van der Waals surface area (Å²) in [6.45, 7) is 7.28. The van der Waals surface area contributed by atoms with Gasteiger partial charge < -0.3 is 20.1 Å². The number of rotatable bonds is 7. The Hall–Kier alpha value is -2.44. The molecule has 0 saturated carbocycles. The second-order valence-electron chi connectivity index (χ2n) is 6.89. The number of carbonyl (C=O) groups is 2. The molecule has 7 nitrogen and oxygen atoms in total. The highest BCUT2D eigenvalue weighted by molar-refractivity contribution is 5.81. The molecule has 1 rings (SSSR count). The topological polar surface area (TPSA) is 107 Å². The zero-order chi connectivity index (χ0) is 19.2. The lowest BCUT2D eigenvalue weighted by Gasteiger charge is -2.38. The predicted molar refractivity (Wildman–Crippen MR) is 92.7 cm³/mol. The number of unbranched alkanes of at least 4 members (excludes halogenated alkanes) is 1. The van der Waals surface area contributed by atoms with Gasteiger partial charge in [0.15, 0.2) is 11.5 Å². The molecule has 25 heavy (non-hydrogen) atoms. The number of carbonyl (C=O) groups excluding carboxylic acids is 1. The van der Waals surface area contributed by atoms with E-state index in [2.05, 4.69) is 0 Å². The van der Waals surface area contributed by atoms with E-state index >= 15 is 0 Å². The van der Waals surface area contributed by atoms with Gasteiger partial charge in [0.25, 0.3) is 0 Å². The summed E-state index contributed by atoms with van der Waals surface area (Å²) in [5.74, 6) is -1.23. The summed E-state index contributed by atoms with van der Waals surface area (Å²) in [6.07, 6.45) is 0.350. The number of carboxylic acid groups (broad SMARTS) is 1. The van der Waals surface area contributed by atoms with Crippen LogP contribution >= 0.6 is 0 Å². The molecule has 0 spiro atoms. The highest BCUT2D eigenvalue weighted by atomic mass is 16.5. The van der Waals surface area contributed by atoms with Crippen molar-refractivity contribution in [2.45, 2.75) is 58.5 Å². The van der Waals surface area contributed by atoms with Crippen molar-refractivity contribution in [2.75, 3.05) is 6.61 Å². The van der Waals surface area contributed by atoms with E-state index in [1.54, 1.807) is 20.8 Å². The third kappa shape index (κ3) is 5.85. The second-order valence-corrected chi connectivity index (χ2v) is 6.89. The van der Waals surface area contributed by atoms with E-state index in [9.17, 15) is 24.9 Å². The Bertz CT molecular complexity index is 608. The number of amides is 1. The fourth-order valence-electron chi connectivity index (χ4n) is 2.50. The molecule has 0 fully saturated rings. The maximum absolute atomic E-state index is 12.5. The number of phenolic OH excluding ortho intramolecular Hbond substituents is 2. The largest absolute Gasteiger partial charge is 0.504 e. The number of phenols is 2. The van der Waals surface area contributed by atoms with Crippen molar-refractivity contribution in [3.8, 4) is 11.5 Å². The fraction of sp³-hybridized carbons (Fsp3) is 0.556. The first-order chi connectivity index (χ1) is 11.6. The van der Waals surface area contributed by atoms with Crippen molar-refractivity contribution in [1.82, 2.24) is 4.90 Å². The molecule has 1 amide bonds. The molecule has 0 radical (unpaired) electrons. The normalized spacial score (nSPS) is 12.5. The summed E-state index contributed by atoms with van der Waals surface area (Å²) in [5, 5.41) is 28.7. The van der Waals surface area contributed by atoms with Gasteiger partial charge in [0, 0.05) is 12.0 Å². The maximum Gasteiger partial charge on any atom is 0.408 e. The van der Waals surface area contributed by atoms with Crippen molar-refractivity contribution in [3.63, 3.8) is 0 Å². The third-order valence-electron chi connectivity index (χ3n) is 3.72. The Balaban J connectivity index is 3.14. The van der Waals surface area contributed by atoms with Gasteiger partial charge in [-0.25, -0.2) is 9.59 Å². The molecule has 1 atom stereocenters. The van der Waals surface area contributed by atoms with Crippen molar-refractivity contribution in [1.29, 1.82) is 0 Å². The molecule has 0 aliphatic heterocycles. The van der Waals surface area contributed by atoms with Crippen molar-refractivity contribution in [2.24, 2.45) is 0 Å². The Morgan fingerprint density at radius 2 is 1.84 bits per heavy atom. The second kappa shape index (κ2) is 8.60. The van der Waals surface area contributed by atoms with E-state index in [4.69, 9.17) is 4.74 Å². The van der Waals surface area contributed by atoms with Crippen LogP contribution in [-0.2, 0) is 16.0 Å². The number of hydrogen-bond donors (Lipinski definition) is 3. The summed E-state index contributed by atoms with van der Waals surface area (Å²) < 4.78 is 5.24. The Morgan fingerprint density at radius 1 is 1.20 bits per heavy atom. The number of hydrogen-bond acceptors (Lipinski definition) is 5. The zero-order valence-electron chi connectivity index (χ0n) is 15.2. The molecule has 0 aliphatic rings. The van der Waals surface area contributed by atoms with Crippen LogP contribution in [0.3, 0.4) is 0 Å². The standard InChI is InChI=1S/C18H27NO6/c1-5-6-9-25-16(22)13(19(17(23)24)18(2,3)4)10-12-7-8-14(20)15(21)11-12/h7-8,11,13,20-21H,5-6,9-10H2,1-4H3,(H,23,24). The minimum absolute atomic E-state index is 0.0301. The van der Waals surface area contributed by atoms with Crippen LogP contribution in [0.4, 0.5) is 4.79 Å². The molecule has 0 heterocycles. The van der Waals surface area contributed by atoms with E-state index in [-0.39, 0.29) is 24.5 Å². The lowest BCUT2D eigenvalue weighted by Crippen LogP contribution is -2.55. The minimum atomic E-state index is -1.23. The van der Waals surface area contributed by atoms with Crippen LogP contribution in [0, 0.1) is 0 Å². The Kier molecular flexibility index (Phi) is 7.09. The van der Waals surface area contributed by atoms with Crippen LogP contribution in [0.2, 0.25) is 0 Å². The zero-order valence-corrected chi connectivity index (χ0v) is 15.2. The van der Waals surface area contributed by atoms with Gasteiger partial charge in [0.2, 0.25) is 0 Å². The van der Waals surface area contributed by atoms with Crippen molar-refractivity contribution < 1.29 is 29.6 Å². The van der Waals surface area contributed by atoms with Crippen LogP contribution < -0.4 is 0 Å². The molecule has 1 aromatic rings. The molecule has 0 bridgehead atoms. The lowest BCUT2D eigenvalue weighted by molar-refractivity contribution is -0.151. The van der Waals surface area contributed by atoms with Crippen LogP contribution in [0.25, 0.3) is 0 Å². The summed E-state index contributed by atoms with van der Waals surface area (Å²) in [6, 6.07) is 3.08. The van der Waals surface area contributed by atoms with Crippen LogP contribution in [0.5, 0.6) is 11.5 Å². The van der Waals surface area contributed by atoms with E-state index in [0.29, 0.717) is 12.0 Å². The van der Waals surface area contributed by atoms with E-state index < -0.39 is 23.6 Å². The number of esters is 1. The number of benzene rings is 1. The van der Waals surface area contributed by atoms with E-state index in [1.165, 1.54) is 18.2 Å². The van der Waals surface area contributed by atoms with E-state index in [0.717, 1.165) is 11.3 Å². The first-order valence-electron chi connectivity index (χ1n) is 8.27. The van der Waals surface area contributed by atoms with E-state index in [1.807, 2.05) is 6.92 Å². The lowest BCUT2D eigenvalue weighted by atomic mass is 9.98. The molecular formula is C18H27NO6. The summed E-state index contributed by atoms with van der Waals surface area (Å²) in [5.41, 5.74) is -0.303. The monoisotopic (exact) mass is 353 g/mol. The highest BCUT2D eigenvalue weighted by Crippen LogP contribution is 2.27. The van der Waals surface area contributed by atoms with Gasteiger partial charge in [-0.3, -0.25) is 4.90 Å². The smallest absolute Gasteiger partial charge is 0.408 e. The van der Waals surface area contributed by atoms with Gasteiger partial charge in [-0.15, -0.1) is 0 Å². The molecule has 0 saturated heterocycles. The van der Waals surface area contributed by atoms with Gasteiger partial charge in [0.1, 0.15) is 6.04 Å². The Morgan fingerprint density at radius 3 is 2.32 bits per heavy atom. The maximum atomic E-state index is 12.5. The predicted octanol–water partition coefficient (Wildman–Crippen LogP) is 3.13. The van der Waals surface area contributed by atoms with Gasteiger partial charge in [-0.1, -0.05) is 19.4 Å². The number of aromatic hydroxyl groups is 2. The van der Waals surface area contributed by atoms with Crippen molar-refractivity contribution in [3.05, 3.63) is 23.8 Å². The first-order valence-corrected chi connectivity index (χ1v) is 8.27. The van der Waals surface area contributed by atoms with Gasteiger partial charge in [0.05, 0.1) is 6.61 Å². The molecule has 7 heteroatoms. The van der Waals surface area contributed by atoms with Crippen LogP contribution in [-0.4, -0.2) is 50.5 Å². The molecule has 140 valence electrons.